The highest BCUT2D eigenvalue weighted by Crippen LogP contribution is 2.32. The van der Waals surface area contributed by atoms with Crippen LogP contribution in [0.25, 0.3) is 0 Å². The average molecular weight is 464 g/mol. The van der Waals surface area contributed by atoms with E-state index in [0.717, 1.165) is 6.42 Å². The lowest BCUT2D eigenvalue weighted by atomic mass is 10.3. The van der Waals surface area contributed by atoms with Gasteiger partial charge < -0.3 is 19.7 Å². The van der Waals surface area contributed by atoms with E-state index in [4.69, 9.17) is 9.47 Å². The molecular weight excluding hydrogens is 442 g/mol. The quantitative estimate of drug-likeness (QED) is 0.674. The Morgan fingerprint density at radius 3 is 2.45 bits per heavy atom. The van der Waals surface area contributed by atoms with Crippen molar-refractivity contribution in [2.45, 2.75) is 11.3 Å². The molecule has 2 heterocycles. The molecule has 2 amide bonds. The number of sulfonamides is 1. The van der Waals surface area contributed by atoms with Crippen LogP contribution in [0.3, 0.4) is 0 Å². The van der Waals surface area contributed by atoms with Crippen LogP contribution in [0.2, 0.25) is 0 Å². The van der Waals surface area contributed by atoms with Crippen molar-refractivity contribution in [2.24, 2.45) is 0 Å². The Morgan fingerprint density at radius 2 is 1.74 bits per heavy atom. The van der Waals surface area contributed by atoms with Crippen LogP contribution in [0, 0.1) is 0 Å². The number of benzene rings is 2. The summed E-state index contributed by atoms with van der Waals surface area (Å²) in [5.41, 5.74) is 0.846. The van der Waals surface area contributed by atoms with Crippen molar-refractivity contribution in [2.75, 3.05) is 41.4 Å². The van der Waals surface area contributed by atoms with Crippen molar-refractivity contribution >= 4 is 45.0 Å². The van der Waals surface area contributed by atoms with E-state index in [-0.39, 0.29) is 23.3 Å². The van der Waals surface area contributed by atoms with Crippen molar-refractivity contribution < 1.29 is 27.5 Å². The van der Waals surface area contributed by atoms with Gasteiger partial charge in [0.1, 0.15) is 6.54 Å². The first-order valence-electron chi connectivity index (χ1n) is 9.59. The van der Waals surface area contributed by atoms with Crippen molar-refractivity contribution in [3.05, 3.63) is 42.5 Å². The smallest absolute Gasteiger partial charge is 0.262 e. The molecule has 0 unspecified atom stereocenters. The fraction of sp³-hybridized carbons (Fsp3) is 0.300. The third-order valence-electron chi connectivity index (χ3n) is 4.61. The molecule has 2 aromatic carbocycles. The van der Waals surface area contributed by atoms with Crippen molar-refractivity contribution in [1.29, 1.82) is 0 Å². The molecule has 2 aliphatic heterocycles. The van der Waals surface area contributed by atoms with Gasteiger partial charge >= 0.3 is 0 Å². The van der Waals surface area contributed by atoms with Gasteiger partial charge in [-0.15, -0.1) is 11.8 Å². The van der Waals surface area contributed by atoms with E-state index in [9.17, 15) is 18.0 Å². The molecular formula is C20H21N3O6S2. The van der Waals surface area contributed by atoms with Crippen LogP contribution in [0.15, 0.2) is 47.4 Å². The minimum atomic E-state index is -3.84. The number of carbonyl (C=O) groups is 2. The Kier molecular flexibility index (Phi) is 6.23. The molecule has 9 nitrogen and oxygen atoms in total. The normalized spacial score (nSPS) is 16.0. The van der Waals surface area contributed by atoms with Crippen LogP contribution in [0.1, 0.15) is 6.42 Å². The number of amides is 2. The Morgan fingerprint density at radius 1 is 1.03 bits per heavy atom. The number of carbonyl (C=O) groups excluding carboxylic acids is 2. The molecule has 1 saturated heterocycles. The maximum absolute atomic E-state index is 12.7. The zero-order chi connectivity index (χ0) is 21.8. The standard InChI is InChI=1S/C20H21N3O6S2/c24-19(11-23-13-30-12-20(23)25)21-14-2-4-15(5-3-14)22-31(26,27)16-6-7-17-18(10-16)29-9-1-8-28-17/h2-7,10,22H,1,8-9,11-13H2,(H,21,24). The second kappa shape index (κ2) is 9.06. The Hall–Kier alpha value is -2.92. The summed E-state index contributed by atoms with van der Waals surface area (Å²) in [4.78, 5) is 25.2. The summed E-state index contributed by atoms with van der Waals surface area (Å²) in [6, 6.07) is 10.8. The van der Waals surface area contributed by atoms with E-state index in [1.807, 2.05) is 0 Å². The molecule has 0 radical (unpaired) electrons. The largest absolute Gasteiger partial charge is 0.490 e. The van der Waals surface area contributed by atoms with Crippen molar-refractivity contribution in [3.8, 4) is 11.5 Å². The molecule has 31 heavy (non-hydrogen) atoms. The first-order valence-corrected chi connectivity index (χ1v) is 12.2. The fourth-order valence-corrected chi connectivity index (χ4v) is 5.04. The number of nitrogens with zero attached hydrogens (tertiary/aromatic N) is 1. The topological polar surface area (TPSA) is 114 Å². The lowest BCUT2D eigenvalue weighted by Crippen LogP contribution is -2.34. The van der Waals surface area contributed by atoms with Gasteiger partial charge in [0.15, 0.2) is 11.5 Å². The molecule has 164 valence electrons. The van der Waals surface area contributed by atoms with E-state index in [1.54, 1.807) is 30.3 Å². The number of hydrogen-bond acceptors (Lipinski definition) is 7. The van der Waals surface area contributed by atoms with Gasteiger partial charge in [-0.3, -0.25) is 14.3 Å². The second-order valence-electron chi connectivity index (χ2n) is 6.96. The molecule has 0 bridgehead atoms. The average Bonchev–Trinajstić information content (AvgIpc) is 2.99. The molecule has 0 spiro atoms. The maximum atomic E-state index is 12.7. The van der Waals surface area contributed by atoms with Gasteiger partial charge in [0.2, 0.25) is 11.8 Å². The number of thioether (sulfide) groups is 1. The SMILES string of the molecule is O=C(CN1CSCC1=O)Nc1ccc(NS(=O)(=O)c2ccc3c(c2)OCCCO3)cc1. The predicted molar refractivity (Wildman–Crippen MR) is 117 cm³/mol. The Balaban J connectivity index is 1.39. The first-order chi connectivity index (χ1) is 14.9. The van der Waals surface area contributed by atoms with Crippen molar-refractivity contribution in [1.82, 2.24) is 4.90 Å². The summed E-state index contributed by atoms with van der Waals surface area (Å²) in [7, 11) is -3.84. The molecule has 4 rings (SSSR count). The van der Waals surface area contributed by atoms with Crippen LogP contribution in [-0.2, 0) is 19.6 Å². The highest BCUT2D eigenvalue weighted by molar-refractivity contribution is 8.00. The maximum Gasteiger partial charge on any atom is 0.262 e. The van der Waals surface area contributed by atoms with Crippen LogP contribution < -0.4 is 19.5 Å². The van der Waals surface area contributed by atoms with E-state index < -0.39 is 10.0 Å². The lowest BCUT2D eigenvalue weighted by Gasteiger charge is -2.14. The highest BCUT2D eigenvalue weighted by Gasteiger charge is 2.23. The number of ether oxygens (including phenoxy) is 2. The number of fused-ring (bicyclic) bond motifs is 1. The van der Waals surface area contributed by atoms with Crippen LogP contribution in [0.5, 0.6) is 11.5 Å². The minimum absolute atomic E-state index is 0.00960. The van der Waals surface area contributed by atoms with E-state index in [0.29, 0.717) is 47.7 Å². The number of rotatable bonds is 6. The van der Waals surface area contributed by atoms with Crippen LogP contribution in [-0.4, -0.2) is 56.5 Å². The van der Waals surface area contributed by atoms with Crippen molar-refractivity contribution in [3.63, 3.8) is 0 Å². The minimum Gasteiger partial charge on any atom is -0.490 e. The molecule has 0 aromatic heterocycles. The molecule has 2 N–H and O–H groups in total. The van der Waals surface area contributed by atoms with E-state index in [2.05, 4.69) is 10.0 Å². The summed E-state index contributed by atoms with van der Waals surface area (Å²) in [5.74, 6) is 1.45. The molecule has 0 atom stereocenters. The van der Waals surface area contributed by atoms with Gasteiger partial charge in [-0.1, -0.05) is 0 Å². The van der Waals surface area contributed by atoms with Gasteiger partial charge in [0, 0.05) is 23.9 Å². The molecule has 1 fully saturated rings. The van der Waals surface area contributed by atoms with Crippen LogP contribution >= 0.6 is 11.8 Å². The third-order valence-corrected chi connectivity index (χ3v) is 6.93. The fourth-order valence-electron chi connectivity index (χ4n) is 3.06. The zero-order valence-corrected chi connectivity index (χ0v) is 18.1. The monoisotopic (exact) mass is 463 g/mol. The van der Waals surface area contributed by atoms with E-state index >= 15 is 0 Å². The summed E-state index contributed by atoms with van der Waals surface area (Å²) in [6.07, 6.45) is 0.727. The first kappa shape index (κ1) is 21.3. The number of hydrogen-bond donors (Lipinski definition) is 2. The molecule has 0 aliphatic carbocycles. The summed E-state index contributed by atoms with van der Waals surface area (Å²) >= 11 is 1.47. The molecule has 2 aliphatic rings. The zero-order valence-electron chi connectivity index (χ0n) is 16.5. The highest BCUT2D eigenvalue weighted by atomic mass is 32.2. The molecule has 11 heteroatoms. The summed E-state index contributed by atoms with van der Waals surface area (Å²) < 4.78 is 39.1. The number of nitrogens with one attached hydrogen (secondary N) is 2. The Labute approximate surface area is 184 Å². The van der Waals surface area contributed by atoms with Gasteiger partial charge in [-0.25, -0.2) is 8.42 Å². The second-order valence-corrected chi connectivity index (χ2v) is 9.60. The van der Waals surface area contributed by atoms with Gasteiger partial charge in [-0.05, 0) is 36.4 Å². The third kappa shape index (κ3) is 5.23. The van der Waals surface area contributed by atoms with Gasteiger partial charge in [0.25, 0.3) is 10.0 Å². The predicted octanol–water partition coefficient (Wildman–Crippen LogP) is 2.12. The molecule has 0 saturated carbocycles. The summed E-state index contributed by atoms with van der Waals surface area (Å²) in [5, 5.41) is 2.70. The van der Waals surface area contributed by atoms with Crippen LogP contribution in [0.4, 0.5) is 11.4 Å². The molecule has 2 aromatic rings. The van der Waals surface area contributed by atoms with E-state index in [1.165, 1.54) is 28.8 Å². The lowest BCUT2D eigenvalue weighted by molar-refractivity contribution is -0.130. The van der Waals surface area contributed by atoms with Gasteiger partial charge in [-0.2, -0.15) is 0 Å². The van der Waals surface area contributed by atoms with Gasteiger partial charge in [0.05, 0.1) is 29.7 Å². The Bertz CT molecular complexity index is 1090. The number of anilines is 2. The summed E-state index contributed by atoms with van der Waals surface area (Å²) in [6.45, 7) is 0.972.